The third-order valence-electron chi connectivity index (χ3n) is 3.70. The van der Waals surface area contributed by atoms with Gasteiger partial charge in [0.1, 0.15) is 5.60 Å². The van der Waals surface area contributed by atoms with Gasteiger partial charge in [-0.2, -0.15) is 0 Å². The van der Waals surface area contributed by atoms with Crippen LogP contribution in [0.5, 0.6) is 0 Å². The molecular formula is C16H22FN3O4. The van der Waals surface area contributed by atoms with Crippen molar-refractivity contribution in [1.29, 1.82) is 0 Å². The number of nitro groups is 1. The summed E-state index contributed by atoms with van der Waals surface area (Å²) in [5, 5.41) is 13.4. The first-order valence-corrected chi connectivity index (χ1v) is 7.81. The number of carbonyl (C=O) groups excluding carboxylic acids is 1. The average Bonchev–Trinajstić information content (AvgIpc) is 2.91. The molecule has 1 aromatic rings. The summed E-state index contributed by atoms with van der Waals surface area (Å²) in [7, 11) is 0. The Bertz CT molecular complexity index is 630. The molecule has 2 rings (SSSR count). The van der Waals surface area contributed by atoms with Gasteiger partial charge < -0.3 is 15.0 Å². The van der Waals surface area contributed by atoms with Crippen molar-refractivity contribution >= 4 is 17.5 Å². The molecule has 0 radical (unpaired) electrons. The number of rotatable bonds is 4. The Morgan fingerprint density at radius 2 is 2.21 bits per heavy atom. The molecule has 0 saturated carbocycles. The standard InChI is InChI=1S/C16H22FN3O4/c1-16(2,3)24-15(21)18-9-11-6-7-19(10-11)14-5-4-12(20(22)23)8-13(14)17/h4-5,8,11H,6-7,9-10H2,1-3H3,(H,18,21)/t11-/m1/s1. The van der Waals surface area contributed by atoms with Crippen LogP contribution in [-0.2, 0) is 4.74 Å². The minimum atomic E-state index is -0.621. The fourth-order valence-electron chi connectivity index (χ4n) is 2.63. The van der Waals surface area contributed by atoms with Crippen LogP contribution in [-0.4, -0.2) is 36.3 Å². The van der Waals surface area contributed by atoms with Crippen LogP contribution < -0.4 is 10.2 Å². The number of benzene rings is 1. The van der Waals surface area contributed by atoms with Crippen molar-refractivity contribution in [2.45, 2.75) is 32.8 Å². The predicted octanol–water partition coefficient (Wildman–Crippen LogP) is 3.08. The van der Waals surface area contributed by atoms with E-state index in [-0.39, 0.29) is 11.6 Å². The SMILES string of the molecule is CC(C)(C)OC(=O)NC[C@H]1CCN(c2ccc([N+](=O)[O-])cc2F)C1. The summed E-state index contributed by atoms with van der Waals surface area (Å²) in [6.07, 6.45) is 0.328. The number of alkyl carbamates (subject to hydrolysis) is 1. The van der Waals surface area contributed by atoms with Crippen LogP contribution >= 0.6 is 0 Å². The molecule has 8 heteroatoms. The molecule has 24 heavy (non-hydrogen) atoms. The molecule has 0 unspecified atom stereocenters. The second-order valence-electron chi connectivity index (χ2n) is 6.88. The van der Waals surface area contributed by atoms with Crippen molar-refractivity contribution < 1.29 is 18.8 Å². The first-order valence-electron chi connectivity index (χ1n) is 7.81. The highest BCUT2D eigenvalue weighted by atomic mass is 19.1. The van der Waals surface area contributed by atoms with Gasteiger partial charge in [0.15, 0.2) is 5.82 Å². The largest absolute Gasteiger partial charge is 0.444 e. The molecule has 1 fully saturated rings. The monoisotopic (exact) mass is 339 g/mol. The highest BCUT2D eigenvalue weighted by molar-refractivity contribution is 5.67. The third-order valence-corrected chi connectivity index (χ3v) is 3.70. The summed E-state index contributed by atoms with van der Waals surface area (Å²) in [6, 6.07) is 3.66. The molecule has 0 aromatic heterocycles. The Balaban J connectivity index is 1.89. The fraction of sp³-hybridized carbons (Fsp3) is 0.562. The minimum absolute atomic E-state index is 0.173. The summed E-state index contributed by atoms with van der Waals surface area (Å²) in [5.41, 5.74) is -0.466. The Labute approximate surface area is 139 Å². The van der Waals surface area contributed by atoms with E-state index in [9.17, 15) is 19.3 Å². The summed E-state index contributed by atoms with van der Waals surface area (Å²) in [5.74, 6) is -0.433. The number of halogens is 1. The lowest BCUT2D eigenvalue weighted by atomic mass is 10.1. The van der Waals surface area contributed by atoms with Crippen LogP contribution in [0.1, 0.15) is 27.2 Å². The second kappa shape index (κ2) is 7.02. The van der Waals surface area contributed by atoms with Crippen molar-refractivity contribution in [3.63, 3.8) is 0 Å². The first kappa shape index (κ1) is 18.0. The van der Waals surface area contributed by atoms with Gasteiger partial charge in [0.25, 0.3) is 5.69 Å². The van der Waals surface area contributed by atoms with Gasteiger partial charge in [-0.1, -0.05) is 0 Å². The highest BCUT2D eigenvalue weighted by Gasteiger charge is 2.26. The van der Waals surface area contributed by atoms with Crippen molar-refractivity contribution in [1.82, 2.24) is 5.32 Å². The first-order chi connectivity index (χ1) is 11.2. The van der Waals surface area contributed by atoms with E-state index in [1.165, 1.54) is 12.1 Å². The highest BCUT2D eigenvalue weighted by Crippen LogP contribution is 2.28. The molecule has 1 atom stereocenters. The molecule has 1 saturated heterocycles. The van der Waals surface area contributed by atoms with Crippen LogP contribution in [0.25, 0.3) is 0 Å². The molecule has 1 N–H and O–H groups in total. The Hall–Kier alpha value is -2.38. The van der Waals surface area contributed by atoms with Gasteiger partial charge in [-0.15, -0.1) is 0 Å². The number of amides is 1. The van der Waals surface area contributed by atoms with Crippen molar-refractivity contribution in [2.24, 2.45) is 5.92 Å². The summed E-state index contributed by atoms with van der Waals surface area (Å²) in [4.78, 5) is 23.5. The Morgan fingerprint density at radius 1 is 1.50 bits per heavy atom. The third kappa shape index (κ3) is 4.81. The van der Waals surface area contributed by atoms with E-state index in [0.717, 1.165) is 12.5 Å². The van der Waals surface area contributed by atoms with E-state index < -0.39 is 22.4 Å². The molecule has 1 aliphatic rings. The lowest BCUT2D eigenvalue weighted by Crippen LogP contribution is -2.36. The number of nitrogens with zero attached hydrogens (tertiary/aromatic N) is 2. The van der Waals surface area contributed by atoms with Gasteiger partial charge >= 0.3 is 6.09 Å². The number of non-ortho nitro benzene ring substituents is 1. The van der Waals surface area contributed by atoms with Gasteiger partial charge in [0.2, 0.25) is 0 Å². The molecular weight excluding hydrogens is 317 g/mol. The van der Waals surface area contributed by atoms with E-state index >= 15 is 0 Å². The zero-order valence-corrected chi connectivity index (χ0v) is 14.0. The van der Waals surface area contributed by atoms with E-state index in [4.69, 9.17) is 4.74 Å². The smallest absolute Gasteiger partial charge is 0.407 e. The zero-order chi connectivity index (χ0) is 17.9. The van der Waals surface area contributed by atoms with Gasteiger partial charge in [-0.05, 0) is 39.2 Å². The molecule has 1 amide bonds. The van der Waals surface area contributed by atoms with E-state index in [1.807, 2.05) is 4.90 Å². The van der Waals surface area contributed by atoms with Gasteiger partial charge in [-0.25, -0.2) is 9.18 Å². The van der Waals surface area contributed by atoms with Crippen molar-refractivity contribution in [3.8, 4) is 0 Å². The Morgan fingerprint density at radius 3 is 2.79 bits per heavy atom. The maximum atomic E-state index is 14.1. The summed E-state index contributed by atoms with van der Waals surface area (Å²) in [6.45, 7) is 7.03. The van der Waals surface area contributed by atoms with Crippen molar-refractivity contribution in [2.75, 3.05) is 24.5 Å². The quantitative estimate of drug-likeness (QED) is 0.673. The van der Waals surface area contributed by atoms with Gasteiger partial charge in [0.05, 0.1) is 16.7 Å². The van der Waals surface area contributed by atoms with E-state index in [0.29, 0.717) is 25.3 Å². The predicted molar refractivity (Wildman–Crippen MR) is 87.6 cm³/mol. The number of ether oxygens (including phenoxy) is 1. The zero-order valence-electron chi connectivity index (χ0n) is 14.0. The lowest BCUT2D eigenvalue weighted by molar-refractivity contribution is -0.385. The number of anilines is 1. The number of carbonyl (C=O) groups is 1. The topological polar surface area (TPSA) is 84.7 Å². The number of hydrogen-bond donors (Lipinski definition) is 1. The lowest BCUT2D eigenvalue weighted by Gasteiger charge is -2.21. The molecule has 0 aliphatic carbocycles. The summed E-state index contributed by atoms with van der Waals surface area (Å²) < 4.78 is 19.2. The second-order valence-corrected chi connectivity index (χ2v) is 6.88. The fourth-order valence-corrected chi connectivity index (χ4v) is 2.63. The molecule has 1 aromatic carbocycles. The number of nitro benzene ring substituents is 1. The maximum absolute atomic E-state index is 14.1. The van der Waals surface area contributed by atoms with Crippen LogP contribution in [0.2, 0.25) is 0 Å². The number of nitrogens with one attached hydrogen (secondary N) is 1. The molecule has 7 nitrogen and oxygen atoms in total. The molecule has 1 aliphatic heterocycles. The van der Waals surface area contributed by atoms with Crippen LogP contribution in [0.15, 0.2) is 18.2 Å². The maximum Gasteiger partial charge on any atom is 0.407 e. The Kier molecular flexibility index (Phi) is 5.26. The average molecular weight is 339 g/mol. The number of hydrogen-bond acceptors (Lipinski definition) is 5. The molecule has 0 bridgehead atoms. The van der Waals surface area contributed by atoms with Crippen molar-refractivity contribution in [3.05, 3.63) is 34.1 Å². The minimum Gasteiger partial charge on any atom is -0.444 e. The van der Waals surface area contributed by atoms with Crippen LogP contribution in [0.4, 0.5) is 20.6 Å². The van der Waals surface area contributed by atoms with Gasteiger partial charge in [0, 0.05) is 25.7 Å². The summed E-state index contributed by atoms with van der Waals surface area (Å²) >= 11 is 0. The molecule has 0 spiro atoms. The molecule has 132 valence electrons. The normalized spacial score (nSPS) is 17.7. The molecule has 1 heterocycles. The van der Waals surface area contributed by atoms with E-state index in [1.54, 1.807) is 20.8 Å². The van der Waals surface area contributed by atoms with Crippen LogP contribution in [0, 0.1) is 21.8 Å². The van der Waals surface area contributed by atoms with E-state index in [2.05, 4.69) is 5.32 Å². The van der Waals surface area contributed by atoms with Crippen LogP contribution in [0.3, 0.4) is 0 Å². The van der Waals surface area contributed by atoms with Gasteiger partial charge in [-0.3, -0.25) is 10.1 Å².